The molecule has 0 saturated carbocycles. The Morgan fingerprint density at radius 3 is 2.62 bits per heavy atom. The van der Waals surface area contributed by atoms with E-state index in [1.807, 2.05) is 13.0 Å². The highest BCUT2D eigenvalue weighted by Gasteiger charge is 2.31. The molecule has 0 atom stereocenters. The average Bonchev–Trinajstić information content (AvgIpc) is 3.08. The van der Waals surface area contributed by atoms with Gasteiger partial charge in [-0.2, -0.15) is 4.31 Å². The van der Waals surface area contributed by atoms with Gasteiger partial charge in [0.1, 0.15) is 15.6 Å². The minimum Gasteiger partial charge on any atom is -0.306 e. The van der Waals surface area contributed by atoms with Crippen LogP contribution in [0.5, 0.6) is 0 Å². The third-order valence-electron chi connectivity index (χ3n) is 3.92. The molecule has 24 heavy (non-hydrogen) atoms. The summed E-state index contributed by atoms with van der Waals surface area (Å²) in [6, 6.07) is 5.04. The Hall–Kier alpha value is -1.77. The summed E-state index contributed by atoms with van der Waals surface area (Å²) < 4.78 is 27.1. The highest BCUT2D eigenvalue weighted by molar-refractivity contribution is 7.89. The predicted octanol–water partition coefficient (Wildman–Crippen LogP) is 2.88. The van der Waals surface area contributed by atoms with E-state index in [1.54, 1.807) is 17.6 Å². The van der Waals surface area contributed by atoms with Crippen LogP contribution in [0.25, 0.3) is 0 Å². The van der Waals surface area contributed by atoms with Crippen LogP contribution < -0.4 is 5.32 Å². The van der Waals surface area contributed by atoms with Gasteiger partial charge in [-0.25, -0.2) is 13.4 Å². The van der Waals surface area contributed by atoms with Crippen LogP contribution in [0.1, 0.15) is 34.5 Å². The zero-order valence-electron chi connectivity index (χ0n) is 13.4. The molecule has 2 aromatic rings. The van der Waals surface area contributed by atoms with Crippen LogP contribution in [0, 0.1) is 6.92 Å². The standard InChI is InChI=1S/C16H19N3O3S2/c1-12-5-6-14(17-11-12)18-16(20)15-13(7-10-23-15)24(21,22)19-8-3-2-4-9-19/h5-7,10-11H,2-4,8-9H2,1H3,(H,17,18,20). The van der Waals surface area contributed by atoms with E-state index in [0.717, 1.165) is 36.2 Å². The summed E-state index contributed by atoms with van der Waals surface area (Å²) in [6.45, 7) is 2.93. The molecule has 0 bridgehead atoms. The number of sulfonamides is 1. The molecule has 1 N–H and O–H groups in total. The summed E-state index contributed by atoms with van der Waals surface area (Å²) in [5.74, 6) is -0.0442. The van der Waals surface area contributed by atoms with E-state index < -0.39 is 15.9 Å². The van der Waals surface area contributed by atoms with Gasteiger partial charge in [-0.3, -0.25) is 4.79 Å². The lowest BCUT2D eigenvalue weighted by molar-refractivity contribution is 0.102. The Balaban J connectivity index is 1.84. The molecule has 128 valence electrons. The van der Waals surface area contributed by atoms with E-state index in [9.17, 15) is 13.2 Å². The maximum atomic E-state index is 12.8. The number of rotatable bonds is 4. The highest BCUT2D eigenvalue weighted by Crippen LogP contribution is 2.28. The van der Waals surface area contributed by atoms with Crippen LogP contribution in [-0.4, -0.2) is 36.7 Å². The molecule has 1 amide bonds. The molecule has 8 heteroatoms. The van der Waals surface area contributed by atoms with Gasteiger partial charge >= 0.3 is 0 Å². The molecule has 0 radical (unpaired) electrons. The number of aromatic nitrogens is 1. The van der Waals surface area contributed by atoms with Crippen molar-refractivity contribution in [2.45, 2.75) is 31.1 Å². The van der Waals surface area contributed by atoms with E-state index in [0.29, 0.717) is 18.9 Å². The fourth-order valence-corrected chi connectivity index (χ4v) is 5.44. The summed E-state index contributed by atoms with van der Waals surface area (Å²) >= 11 is 1.13. The fraction of sp³-hybridized carbons (Fsp3) is 0.375. The van der Waals surface area contributed by atoms with Gasteiger partial charge in [0, 0.05) is 19.3 Å². The molecule has 1 saturated heterocycles. The van der Waals surface area contributed by atoms with Crippen LogP contribution in [-0.2, 0) is 10.0 Å². The van der Waals surface area contributed by atoms with Crippen molar-refractivity contribution < 1.29 is 13.2 Å². The topological polar surface area (TPSA) is 79.4 Å². The van der Waals surface area contributed by atoms with E-state index in [4.69, 9.17) is 0 Å². The third-order valence-corrected chi connectivity index (χ3v) is 6.90. The monoisotopic (exact) mass is 365 g/mol. The Kier molecular flexibility index (Phi) is 4.98. The number of amides is 1. The molecule has 2 aromatic heterocycles. The maximum Gasteiger partial charge on any atom is 0.268 e. The first-order valence-corrected chi connectivity index (χ1v) is 10.1. The molecule has 3 heterocycles. The van der Waals surface area contributed by atoms with Crippen molar-refractivity contribution in [2.75, 3.05) is 18.4 Å². The largest absolute Gasteiger partial charge is 0.306 e. The Bertz CT molecular complexity index is 823. The van der Waals surface area contributed by atoms with E-state index >= 15 is 0 Å². The van der Waals surface area contributed by atoms with Gasteiger partial charge in [0.15, 0.2) is 0 Å². The molecule has 0 aromatic carbocycles. The first kappa shape index (κ1) is 17.1. The van der Waals surface area contributed by atoms with Crippen LogP contribution >= 0.6 is 11.3 Å². The van der Waals surface area contributed by atoms with Gasteiger partial charge in [0.2, 0.25) is 10.0 Å². The van der Waals surface area contributed by atoms with Crippen molar-refractivity contribution in [3.05, 3.63) is 40.2 Å². The van der Waals surface area contributed by atoms with Crippen molar-refractivity contribution in [3.8, 4) is 0 Å². The van der Waals surface area contributed by atoms with Crippen molar-refractivity contribution in [3.63, 3.8) is 0 Å². The highest BCUT2D eigenvalue weighted by atomic mass is 32.2. The molecule has 0 unspecified atom stereocenters. The number of piperidine rings is 1. The number of nitrogens with zero attached hydrogens (tertiary/aromatic N) is 2. The van der Waals surface area contributed by atoms with Crippen LogP contribution in [0.4, 0.5) is 5.82 Å². The number of pyridine rings is 1. The number of carbonyl (C=O) groups excluding carboxylic acids is 1. The number of aryl methyl sites for hydroxylation is 1. The summed E-state index contributed by atoms with van der Waals surface area (Å²) in [5.41, 5.74) is 0.984. The average molecular weight is 365 g/mol. The molecular weight excluding hydrogens is 346 g/mol. The number of hydrogen-bond donors (Lipinski definition) is 1. The summed E-state index contributed by atoms with van der Waals surface area (Å²) in [6.07, 6.45) is 4.41. The quantitative estimate of drug-likeness (QED) is 0.903. The van der Waals surface area contributed by atoms with Crippen LogP contribution in [0.2, 0.25) is 0 Å². The number of thiophene rings is 1. The van der Waals surface area contributed by atoms with Gasteiger partial charge in [0.25, 0.3) is 5.91 Å². The zero-order valence-corrected chi connectivity index (χ0v) is 15.0. The minimum atomic E-state index is -3.63. The zero-order chi connectivity index (χ0) is 17.2. The van der Waals surface area contributed by atoms with Gasteiger partial charge in [-0.15, -0.1) is 11.3 Å². The number of carbonyl (C=O) groups is 1. The molecule has 6 nitrogen and oxygen atoms in total. The summed E-state index contributed by atoms with van der Waals surface area (Å²) in [7, 11) is -3.63. The van der Waals surface area contributed by atoms with Gasteiger partial charge in [-0.1, -0.05) is 12.5 Å². The van der Waals surface area contributed by atoms with Gasteiger partial charge < -0.3 is 5.32 Å². The summed E-state index contributed by atoms with van der Waals surface area (Å²) in [4.78, 5) is 16.9. The Morgan fingerprint density at radius 1 is 1.21 bits per heavy atom. The van der Waals surface area contributed by atoms with E-state index in [-0.39, 0.29) is 9.77 Å². The Labute approximate surface area is 145 Å². The molecule has 3 rings (SSSR count). The normalized spacial score (nSPS) is 16.0. The van der Waals surface area contributed by atoms with Gasteiger partial charge in [-0.05, 0) is 42.8 Å². The van der Waals surface area contributed by atoms with Crippen molar-refractivity contribution in [1.82, 2.24) is 9.29 Å². The molecule has 0 spiro atoms. The fourth-order valence-electron chi connectivity index (χ4n) is 2.63. The summed E-state index contributed by atoms with van der Waals surface area (Å²) in [5, 5.41) is 4.30. The molecular formula is C16H19N3O3S2. The maximum absolute atomic E-state index is 12.8. The number of hydrogen-bond acceptors (Lipinski definition) is 5. The smallest absolute Gasteiger partial charge is 0.268 e. The van der Waals surface area contributed by atoms with E-state index in [1.165, 1.54) is 10.4 Å². The second-order valence-corrected chi connectivity index (χ2v) is 8.58. The van der Waals surface area contributed by atoms with Crippen LogP contribution in [0.15, 0.2) is 34.7 Å². The number of anilines is 1. The SMILES string of the molecule is Cc1ccc(NC(=O)c2sccc2S(=O)(=O)N2CCCCC2)nc1. The lowest BCUT2D eigenvalue weighted by atomic mass is 10.2. The van der Waals surface area contributed by atoms with Gasteiger partial charge in [0.05, 0.1) is 0 Å². The molecule has 1 aliphatic rings. The molecule has 1 fully saturated rings. The van der Waals surface area contributed by atoms with Crippen LogP contribution in [0.3, 0.4) is 0 Å². The predicted molar refractivity (Wildman–Crippen MR) is 93.9 cm³/mol. The lowest BCUT2D eigenvalue weighted by Crippen LogP contribution is -2.36. The lowest BCUT2D eigenvalue weighted by Gasteiger charge is -2.25. The first-order chi connectivity index (χ1) is 11.5. The number of nitrogens with one attached hydrogen (secondary N) is 1. The second kappa shape index (κ2) is 7.00. The van der Waals surface area contributed by atoms with Crippen molar-refractivity contribution in [2.24, 2.45) is 0 Å². The first-order valence-electron chi connectivity index (χ1n) is 7.80. The minimum absolute atomic E-state index is 0.0824. The van der Waals surface area contributed by atoms with Crippen molar-refractivity contribution in [1.29, 1.82) is 0 Å². The Morgan fingerprint density at radius 2 is 1.96 bits per heavy atom. The molecule has 0 aliphatic carbocycles. The third kappa shape index (κ3) is 3.50. The van der Waals surface area contributed by atoms with E-state index in [2.05, 4.69) is 10.3 Å². The van der Waals surface area contributed by atoms with Crippen molar-refractivity contribution >= 4 is 33.1 Å². The second-order valence-electron chi connectivity index (χ2n) is 5.75. The molecule has 1 aliphatic heterocycles.